The van der Waals surface area contributed by atoms with Crippen molar-refractivity contribution < 1.29 is 4.79 Å². The lowest BCUT2D eigenvalue weighted by atomic mass is 10.0. The third kappa shape index (κ3) is 7.70. The summed E-state index contributed by atoms with van der Waals surface area (Å²) < 4.78 is 0. The molecule has 3 N–H and O–H groups in total. The Morgan fingerprint density at radius 3 is 2.58 bits per heavy atom. The van der Waals surface area contributed by atoms with Crippen LogP contribution in [0, 0.1) is 12.8 Å². The fourth-order valence-electron chi connectivity index (χ4n) is 4.11. The first-order valence-electron chi connectivity index (χ1n) is 13.5. The van der Waals surface area contributed by atoms with Gasteiger partial charge in [-0.25, -0.2) is 9.78 Å². The van der Waals surface area contributed by atoms with Gasteiger partial charge in [0.05, 0.1) is 0 Å². The number of fused-ring (bicyclic) bond motifs is 1. The minimum absolute atomic E-state index is 0.177. The first-order valence-corrected chi connectivity index (χ1v) is 13.5. The number of aryl methyl sites for hydroxylation is 1. The number of hydrogen-bond donors (Lipinski definition) is 2. The van der Waals surface area contributed by atoms with Gasteiger partial charge >= 0.3 is 6.03 Å². The summed E-state index contributed by atoms with van der Waals surface area (Å²) >= 11 is 0. The van der Waals surface area contributed by atoms with Crippen LogP contribution in [0.2, 0.25) is 0 Å². The smallest absolute Gasteiger partial charge is 0.327 e. The number of aromatic nitrogens is 1. The molecule has 1 unspecified atom stereocenters. The third-order valence-corrected chi connectivity index (χ3v) is 6.35. The SMILES string of the molecule is CC.CC.CCC(C)CCN(CC)c1ccnc2c1CCN2C(=O)Nc1cc(C=NC)c(N)cc1C. The largest absolute Gasteiger partial charge is 0.398 e. The minimum atomic E-state index is -0.177. The summed E-state index contributed by atoms with van der Waals surface area (Å²) in [4.78, 5) is 26.0. The van der Waals surface area contributed by atoms with Gasteiger partial charge in [0, 0.05) is 67.3 Å². The molecule has 1 aliphatic heterocycles. The predicted octanol–water partition coefficient (Wildman–Crippen LogP) is 6.93. The number of urea groups is 1. The molecule has 0 spiro atoms. The van der Waals surface area contributed by atoms with E-state index in [0.717, 1.165) is 54.1 Å². The summed E-state index contributed by atoms with van der Waals surface area (Å²) in [5.74, 6) is 1.46. The third-order valence-electron chi connectivity index (χ3n) is 6.35. The molecule has 1 aromatic heterocycles. The van der Waals surface area contributed by atoms with Crippen LogP contribution >= 0.6 is 0 Å². The van der Waals surface area contributed by atoms with E-state index in [4.69, 9.17) is 5.73 Å². The molecule has 0 bridgehead atoms. The van der Waals surface area contributed by atoms with Gasteiger partial charge in [0.1, 0.15) is 5.82 Å². The molecule has 7 nitrogen and oxygen atoms in total. The lowest BCUT2D eigenvalue weighted by Gasteiger charge is -2.27. The Morgan fingerprint density at radius 1 is 1.28 bits per heavy atom. The summed E-state index contributed by atoms with van der Waals surface area (Å²) in [6.07, 6.45) is 6.67. The normalized spacial score (nSPS) is 12.8. The molecular formula is C29H48N6O. The van der Waals surface area contributed by atoms with E-state index in [0.29, 0.717) is 18.2 Å². The number of nitrogens with one attached hydrogen (secondary N) is 1. The van der Waals surface area contributed by atoms with E-state index in [1.54, 1.807) is 18.2 Å². The zero-order valence-electron chi connectivity index (χ0n) is 24.0. The van der Waals surface area contributed by atoms with Crippen molar-refractivity contribution in [3.8, 4) is 0 Å². The lowest BCUT2D eigenvalue weighted by Crippen LogP contribution is -2.34. The number of amides is 2. The van der Waals surface area contributed by atoms with Crippen LogP contribution in [0.15, 0.2) is 29.4 Å². The number of anilines is 4. The quantitative estimate of drug-likeness (QED) is 0.306. The number of carbonyl (C=O) groups is 1. The molecule has 2 amide bonds. The van der Waals surface area contributed by atoms with Gasteiger partial charge < -0.3 is 16.0 Å². The Balaban J connectivity index is 0.00000154. The molecule has 2 heterocycles. The Bertz CT molecular complexity index is 988. The van der Waals surface area contributed by atoms with E-state index in [9.17, 15) is 4.79 Å². The van der Waals surface area contributed by atoms with Gasteiger partial charge in [-0.3, -0.25) is 9.89 Å². The molecule has 0 saturated carbocycles. The Kier molecular flexibility index (Phi) is 13.6. The van der Waals surface area contributed by atoms with Crippen molar-refractivity contribution in [2.45, 2.75) is 74.7 Å². The molecular weight excluding hydrogens is 448 g/mol. The maximum atomic E-state index is 13.2. The molecule has 2 aromatic rings. The summed E-state index contributed by atoms with van der Waals surface area (Å²) in [6, 6.07) is 5.63. The van der Waals surface area contributed by atoms with Gasteiger partial charge in [-0.05, 0) is 56.4 Å². The van der Waals surface area contributed by atoms with Crippen LogP contribution in [0.5, 0.6) is 0 Å². The lowest BCUT2D eigenvalue weighted by molar-refractivity contribution is 0.257. The molecule has 1 atom stereocenters. The molecule has 0 saturated heterocycles. The molecule has 200 valence electrons. The summed E-state index contributed by atoms with van der Waals surface area (Å²) in [5, 5.41) is 3.05. The van der Waals surface area contributed by atoms with E-state index in [2.05, 4.69) is 47.0 Å². The zero-order valence-corrected chi connectivity index (χ0v) is 24.0. The van der Waals surface area contributed by atoms with Crippen LogP contribution < -0.4 is 20.9 Å². The molecule has 1 aliphatic rings. The van der Waals surface area contributed by atoms with Crippen molar-refractivity contribution in [2.24, 2.45) is 10.9 Å². The highest BCUT2D eigenvalue weighted by atomic mass is 16.2. The van der Waals surface area contributed by atoms with E-state index < -0.39 is 0 Å². The van der Waals surface area contributed by atoms with Crippen molar-refractivity contribution in [3.05, 3.63) is 41.1 Å². The van der Waals surface area contributed by atoms with Crippen molar-refractivity contribution >= 4 is 35.1 Å². The molecule has 0 fully saturated rings. The number of pyridine rings is 1. The van der Waals surface area contributed by atoms with Crippen LogP contribution in [0.3, 0.4) is 0 Å². The number of rotatable bonds is 8. The Labute approximate surface area is 219 Å². The van der Waals surface area contributed by atoms with Crippen molar-refractivity contribution in [1.82, 2.24) is 4.98 Å². The van der Waals surface area contributed by atoms with Crippen LogP contribution in [0.1, 0.15) is 78.0 Å². The van der Waals surface area contributed by atoms with Crippen molar-refractivity contribution in [3.63, 3.8) is 0 Å². The predicted molar refractivity (Wildman–Crippen MR) is 158 cm³/mol. The van der Waals surface area contributed by atoms with Crippen molar-refractivity contribution in [2.75, 3.05) is 47.5 Å². The first kappa shape index (κ1) is 30.9. The first-order chi connectivity index (χ1) is 17.4. The molecule has 0 radical (unpaired) electrons. The van der Waals surface area contributed by atoms with E-state index in [1.165, 1.54) is 12.1 Å². The monoisotopic (exact) mass is 496 g/mol. The minimum Gasteiger partial charge on any atom is -0.398 e. The molecule has 7 heteroatoms. The fraction of sp³-hybridized carbons (Fsp3) is 0.552. The van der Waals surface area contributed by atoms with Crippen LogP contribution in [-0.4, -0.2) is 43.9 Å². The second-order valence-electron chi connectivity index (χ2n) is 8.53. The second kappa shape index (κ2) is 15.8. The zero-order chi connectivity index (χ0) is 27.3. The van der Waals surface area contributed by atoms with Crippen LogP contribution in [0.4, 0.5) is 27.7 Å². The second-order valence-corrected chi connectivity index (χ2v) is 8.53. The van der Waals surface area contributed by atoms with Gasteiger partial charge in [-0.1, -0.05) is 48.0 Å². The molecule has 36 heavy (non-hydrogen) atoms. The van der Waals surface area contributed by atoms with Crippen LogP contribution in [0.25, 0.3) is 0 Å². The number of nitrogen functional groups attached to an aromatic ring is 1. The standard InChI is InChI=1S/C25H36N6O.2C2H6/c1-6-17(3)9-12-30(7-2)23-8-11-28-24-20(23)10-13-31(24)25(32)29-22-15-19(16-27-5)21(26)14-18(22)4;2*1-2/h8,11,14-17H,6-7,9-10,12-13,26H2,1-5H3,(H,29,32);2*1-2H3. The van der Waals surface area contributed by atoms with Crippen molar-refractivity contribution in [1.29, 1.82) is 0 Å². The maximum absolute atomic E-state index is 13.2. The van der Waals surface area contributed by atoms with E-state index in [1.807, 2.05) is 52.9 Å². The number of hydrogen-bond acceptors (Lipinski definition) is 5. The average molecular weight is 497 g/mol. The average Bonchev–Trinajstić information content (AvgIpc) is 3.34. The number of nitrogens with zero attached hydrogens (tertiary/aromatic N) is 4. The molecule has 1 aromatic carbocycles. The highest BCUT2D eigenvalue weighted by Crippen LogP contribution is 2.34. The number of benzene rings is 1. The Morgan fingerprint density at radius 2 is 1.97 bits per heavy atom. The van der Waals surface area contributed by atoms with Gasteiger partial charge in [0.2, 0.25) is 0 Å². The van der Waals surface area contributed by atoms with Gasteiger partial charge in [0.15, 0.2) is 0 Å². The summed E-state index contributed by atoms with van der Waals surface area (Å²) in [6.45, 7) is 19.2. The molecule has 3 rings (SSSR count). The van der Waals surface area contributed by atoms with Gasteiger partial charge in [-0.15, -0.1) is 0 Å². The topological polar surface area (TPSA) is 86.9 Å². The fourth-order valence-corrected chi connectivity index (χ4v) is 4.11. The number of nitrogens with two attached hydrogens (primary N) is 1. The highest BCUT2D eigenvalue weighted by Gasteiger charge is 2.29. The highest BCUT2D eigenvalue weighted by molar-refractivity contribution is 6.04. The summed E-state index contributed by atoms with van der Waals surface area (Å²) in [7, 11) is 1.70. The molecule has 0 aliphatic carbocycles. The van der Waals surface area contributed by atoms with Crippen LogP contribution in [-0.2, 0) is 6.42 Å². The Hall–Kier alpha value is -3.09. The summed E-state index contributed by atoms with van der Waals surface area (Å²) in [5.41, 5.74) is 11.5. The van der Waals surface area contributed by atoms with Gasteiger partial charge in [0.25, 0.3) is 0 Å². The number of aliphatic imine (C=N–C) groups is 1. The maximum Gasteiger partial charge on any atom is 0.327 e. The van der Waals surface area contributed by atoms with E-state index >= 15 is 0 Å². The van der Waals surface area contributed by atoms with E-state index in [-0.39, 0.29) is 6.03 Å². The van der Waals surface area contributed by atoms with Gasteiger partial charge in [-0.2, -0.15) is 0 Å². The number of carbonyl (C=O) groups excluding carboxylic acids is 1.